The van der Waals surface area contributed by atoms with Gasteiger partial charge in [-0.15, -0.1) is 0 Å². The molecule has 39 heavy (non-hydrogen) atoms. The zero-order chi connectivity index (χ0) is 28.8. The number of aliphatic hydroxyl groups excluding tert-OH is 3. The van der Waals surface area contributed by atoms with Crippen molar-refractivity contribution in [1.29, 1.82) is 0 Å². The van der Waals surface area contributed by atoms with E-state index in [1.807, 2.05) is 0 Å². The van der Waals surface area contributed by atoms with Crippen molar-refractivity contribution >= 4 is 0 Å². The molecule has 11 nitrogen and oxygen atoms in total. The molecule has 0 aromatic rings. The van der Waals surface area contributed by atoms with Gasteiger partial charge >= 0.3 is 0 Å². The second-order valence-corrected chi connectivity index (χ2v) is 11.4. The lowest BCUT2D eigenvalue weighted by atomic mass is 10.2. The van der Waals surface area contributed by atoms with Crippen molar-refractivity contribution in [3.05, 3.63) is 0 Å². The van der Waals surface area contributed by atoms with Crippen LogP contribution < -0.4 is 0 Å². The quantitative estimate of drug-likeness (QED) is 0.263. The number of hydrogen-bond acceptors (Lipinski definition) is 7. The zero-order valence-corrected chi connectivity index (χ0v) is 28.7. The predicted molar refractivity (Wildman–Crippen MR) is 163 cm³/mol. The van der Waals surface area contributed by atoms with Gasteiger partial charge in [-0.1, -0.05) is 0 Å². The summed E-state index contributed by atoms with van der Waals surface area (Å²) < 4.78 is 4.07. The summed E-state index contributed by atoms with van der Waals surface area (Å²) >= 11 is 0. The van der Waals surface area contributed by atoms with Crippen LogP contribution in [0.1, 0.15) is 62.3 Å². The van der Waals surface area contributed by atoms with Crippen LogP contribution in [0, 0.1) is 0 Å². The normalized spacial score (nSPS) is 10.9. The van der Waals surface area contributed by atoms with Crippen LogP contribution in [0.15, 0.2) is 0 Å². The van der Waals surface area contributed by atoms with Crippen molar-refractivity contribution in [1.82, 2.24) is 0 Å². The van der Waals surface area contributed by atoms with Crippen molar-refractivity contribution in [2.24, 2.45) is 0 Å². The minimum atomic E-state index is 0. The van der Waals surface area contributed by atoms with Crippen molar-refractivity contribution < 1.29 is 55.2 Å². The zero-order valence-electron chi connectivity index (χ0n) is 28.7. The molecular weight excluding hydrogens is 504 g/mol. The lowest BCUT2D eigenvalue weighted by molar-refractivity contribution is -0.944. The Balaban J connectivity index is -0.0000000540. The number of hydrogen-bond donors (Lipinski definition) is 3. The molecule has 0 aromatic heterocycles. The highest BCUT2D eigenvalue weighted by atomic mass is 16.3. The Morgan fingerprint density at radius 2 is 0.769 bits per heavy atom. The van der Waals surface area contributed by atoms with Gasteiger partial charge in [-0.2, -0.15) is 0 Å². The van der Waals surface area contributed by atoms with Crippen molar-refractivity contribution in [2.75, 3.05) is 121 Å². The summed E-state index contributed by atoms with van der Waals surface area (Å²) in [4.78, 5) is 0. The topological polar surface area (TPSA) is 181 Å². The first-order chi connectivity index (χ1) is 16.0. The van der Waals surface area contributed by atoms with Crippen LogP contribution in [0.25, 0.3) is 0 Å². The average molecular weight is 581 g/mol. The van der Waals surface area contributed by atoms with E-state index < -0.39 is 0 Å². The molecule has 11 heteroatoms. The summed E-state index contributed by atoms with van der Waals surface area (Å²) in [6.45, 7) is 31.2. The third-order valence-electron chi connectivity index (χ3n) is 8.00. The van der Waals surface area contributed by atoms with Crippen molar-refractivity contribution in [2.45, 2.75) is 68.4 Å². The largest absolute Gasteiger partial charge is 0.870 e. The maximum absolute atomic E-state index is 8.90. The third kappa shape index (κ3) is 31.9. The third-order valence-corrected chi connectivity index (χ3v) is 8.00. The number of likely N-dealkylation sites (N-methyl/N-ethyl adjacent to an activating group) is 3. The number of aliphatic hydroxyl groups is 3. The second-order valence-electron chi connectivity index (χ2n) is 11.4. The summed E-state index contributed by atoms with van der Waals surface area (Å²) in [5, 5.41) is 26.2. The molecule has 0 saturated carbocycles. The van der Waals surface area contributed by atoms with E-state index >= 15 is 0 Å². The van der Waals surface area contributed by atoms with Crippen LogP contribution in [0.2, 0.25) is 0 Å². The molecule has 0 amide bonds. The summed E-state index contributed by atoms with van der Waals surface area (Å²) in [6.07, 6.45) is 0. The molecule has 0 bridgehead atoms. The average Bonchev–Trinajstić information content (AvgIpc) is 2.82. The lowest BCUT2D eigenvalue weighted by Crippen LogP contribution is -2.54. The van der Waals surface area contributed by atoms with Gasteiger partial charge in [0.2, 0.25) is 0 Å². The molecule has 0 aromatic carbocycles. The highest BCUT2D eigenvalue weighted by molar-refractivity contribution is 4.45. The van der Waals surface area contributed by atoms with Gasteiger partial charge in [-0.25, -0.2) is 0 Å². The van der Waals surface area contributed by atoms with E-state index in [4.69, 9.17) is 15.3 Å². The smallest absolute Gasteiger partial charge is 0.102 e. The SMILES string of the molecule is CC[N+](C)(C)C.CC[N+](C)(C)CCO.CC[N+](CC)(CC)CCO.CC[N+](CC)(CCO)C(C)C.[OH-].[OH-].[OH-].[OH-]. The van der Waals surface area contributed by atoms with E-state index in [9.17, 15) is 0 Å². The van der Waals surface area contributed by atoms with Gasteiger partial charge in [-0.05, 0) is 62.3 Å². The summed E-state index contributed by atoms with van der Waals surface area (Å²) in [7, 11) is 10.8. The highest BCUT2D eigenvalue weighted by Gasteiger charge is 2.26. The van der Waals surface area contributed by atoms with E-state index in [-0.39, 0.29) is 21.9 Å². The van der Waals surface area contributed by atoms with Crippen LogP contribution in [-0.4, -0.2) is 182 Å². The molecule has 0 saturated heterocycles. The Labute approximate surface area is 244 Å². The fourth-order valence-corrected chi connectivity index (χ4v) is 3.51. The van der Waals surface area contributed by atoms with E-state index in [0.29, 0.717) is 25.9 Å². The first-order valence-electron chi connectivity index (χ1n) is 14.2. The molecule has 0 unspecified atom stereocenters. The summed E-state index contributed by atoms with van der Waals surface area (Å²) in [6, 6.07) is 0.622. The fraction of sp³-hybridized carbons (Fsp3) is 1.00. The second kappa shape index (κ2) is 32.1. The molecule has 0 spiro atoms. The molecule has 0 atom stereocenters. The Morgan fingerprint density at radius 1 is 0.462 bits per heavy atom. The van der Waals surface area contributed by atoms with Crippen LogP contribution in [0.4, 0.5) is 0 Å². The number of rotatable bonds is 14. The Bertz CT molecular complexity index is 434. The van der Waals surface area contributed by atoms with Crippen LogP contribution >= 0.6 is 0 Å². The molecule has 0 heterocycles. The lowest BCUT2D eigenvalue weighted by Gasteiger charge is -2.40. The van der Waals surface area contributed by atoms with Gasteiger partial charge in [-0.3, -0.25) is 0 Å². The maximum Gasteiger partial charge on any atom is 0.102 e. The monoisotopic (exact) mass is 581 g/mol. The number of quaternary nitrogens is 4. The van der Waals surface area contributed by atoms with Gasteiger partial charge in [0.25, 0.3) is 0 Å². The Kier molecular flexibility index (Phi) is 47.9. The van der Waals surface area contributed by atoms with Gasteiger partial charge in [0.15, 0.2) is 0 Å². The van der Waals surface area contributed by atoms with Gasteiger partial charge < -0.3 is 55.2 Å². The van der Waals surface area contributed by atoms with Gasteiger partial charge in [0, 0.05) is 0 Å². The summed E-state index contributed by atoms with van der Waals surface area (Å²) in [5.41, 5.74) is 0. The first kappa shape index (κ1) is 58.2. The molecule has 0 aliphatic rings. The van der Waals surface area contributed by atoms with E-state index in [1.54, 1.807) is 0 Å². The highest BCUT2D eigenvalue weighted by Crippen LogP contribution is 2.11. The Morgan fingerprint density at radius 3 is 0.846 bits per heavy atom. The minimum absolute atomic E-state index is 0. The van der Waals surface area contributed by atoms with Gasteiger partial charge in [0.1, 0.15) is 19.6 Å². The van der Waals surface area contributed by atoms with Crippen LogP contribution in [0.3, 0.4) is 0 Å². The van der Waals surface area contributed by atoms with Crippen LogP contribution in [0.5, 0.6) is 0 Å². The molecule has 0 radical (unpaired) electrons. The molecule has 0 aliphatic heterocycles. The molecule has 7 N–H and O–H groups in total. The van der Waals surface area contributed by atoms with Gasteiger partial charge in [0.05, 0.1) is 107 Å². The predicted octanol–water partition coefficient (Wildman–Crippen LogP) is 2.18. The number of nitrogens with zero attached hydrogens (tertiary/aromatic N) is 4. The van der Waals surface area contributed by atoms with Crippen molar-refractivity contribution in [3.8, 4) is 0 Å². The standard InChI is InChI=1S/C9H22NO.C8H20NO.C6H16NO.C5H14N.4H2O/c1-5-10(6-2,7-8-11)9(3)4;1-4-9(5-2,6-3)7-8-10;1-4-7(2,3)5-6-8;1-5-6(2,3)4;;;;/h9,11H,5-8H2,1-4H3;10H,4-8H2,1-3H3;8H,4-6H2,1-3H3;5H2,1-4H3;4*1H2/q4*+1;;;;/p-4. The molecule has 0 rings (SSSR count). The fourth-order valence-electron chi connectivity index (χ4n) is 3.51. The molecule has 250 valence electrons. The maximum atomic E-state index is 8.90. The van der Waals surface area contributed by atoms with Crippen LogP contribution in [-0.2, 0) is 0 Å². The first-order valence-corrected chi connectivity index (χ1v) is 14.2. The van der Waals surface area contributed by atoms with E-state index in [2.05, 4.69) is 97.6 Å². The minimum Gasteiger partial charge on any atom is -0.870 e. The van der Waals surface area contributed by atoms with E-state index in [1.165, 1.54) is 6.54 Å². The van der Waals surface area contributed by atoms with E-state index in [0.717, 1.165) is 76.8 Å². The molecule has 0 aliphatic carbocycles. The summed E-state index contributed by atoms with van der Waals surface area (Å²) in [5.74, 6) is 0. The molecular formula is C28H76N4O7. The molecule has 0 fully saturated rings. The Hall–Kier alpha value is -0.440. The van der Waals surface area contributed by atoms with Crippen molar-refractivity contribution in [3.63, 3.8) is 0 Å².